The van der Waals surface area contributed by atoms with Gasteiger partial charge in [0.25, 0.3) is 0 Å². The summed E-state index contributed by atoms with van der Waals surface area (Å²) in [5, 5.41) is 6.13. The Hall–Kier alpha value is -1.48. The van der Waals surface area contributed by atoms with Gasteiger partial charge >= 0.3 is 0 Å². The number of nitrogens with zero attached hydrogens (tertiary/aromatic N) is 1. The van der Waals surface area contributed by atoms with E-state index < -0.39 is 10.0 Å². The molecule has 1 aliphatic rings. The standard InChI is InChI=1S/C18H30N4O3S/c1-16(21-26(24,25)17-7-3-2-4-8-17)15-20-18(23)9-5-6-12-22-13-10-19-11-14-22/h2-4,7-8,16,19,21H,5-6,9-15H2,1H3,(H,20,23). The summed E-state index contributed by atoms with van der Waals surface area (Å²) in [5.41, 5.74) is 0. The normalized spacial score (nSPS) is 17.0. The number of carbonyl (C=O) groups excluding carboxylic acids is 1. The van der Waals surface area contributed by atoms with Gasteiger partial charge in [0.05, 0.1) is 4.90 Å². The number of rotatable bonds is 10. The molecule has 1 amide bonds. The molecular formula is C18H30N4O3S. The first-order valence-corrected chi connectivity index (χ1v) is 10.7. The molecule has 0 aromatic heterocycles. The molecule has 1 atom stereocenters. The predicted octanol–water partition coefficient (Wildman–Crippen LogP) is 0.545. The van der Waals surface area contributed by atoms with Crippen LogP contribution in [-0.2, 0) is 14.8 Å². The molecule has 26 heavy (non-hydrogen) atoms. The number of carbonyl (C=O) groups is 1. The highest BCUT2D eigenvalue weighted by molar-refractivity contribution is 7.89. The van der Waals surface area contributed by atoms with Crippen molar-refractivity contribution in [2.75, 3.05) is 39.3 Å². The van der Waals surface area contributed by atoms with Gasteiger partial charge in [0.15, 0.2) is 0 Å². The lowest BCUT2D eigenvalue weighted by atomic mass is 10.2. The van der Waals surface area contributed by atoms with Crippen LogP contribution in [0.1, 0.15) is 26.2 Å². The maximum absolute atomic E-state index is 12.2. The lowest BCUT2D eigenvalue weighted by Gasteiger charge is -2.26. The average molecular weight is 383 g/mol. The van der Waals surface area contributed by atoms with Gasteiger partial charge in [-0.2, -0.15) is 0 Å². The third-order valence-electron chi connectivity index (χ3n) is 4.35. The molecule has 0 bridgehead atoms. The summed E-state index contributed by atoms with van der Waals surface area (Å²) < 4.78 is 27.0. The minimum absolute atomic E-state index is 0.0314. The van der Waals surface area contributed by atoms with Crippen LogP contribution in [-0.4, -0.2) is 64.5 Å². The number of sulfonamides is 1. The number of unbranched alkanes of at least 4 members (excludes halogenated alkanes) is 1. The highest BCUT2D eigenvalue weighted by atomic mass is 32.2. The van der Waals surface area contributed by atoms with Crippen LogP contribution in [0.3, 0.4) is 0 Å². The Balaban J connectivity index is 1.60. The molecule has 0 radical (unpaired) electrons. The third-order valence-corrected chi connectivity index (χ3v) is 5.96. The van der Waals surface area contributed by atoms with Crippen LogP contribution >= 0.6 is 0 Å². The number of hydrogen-bond acceptors (Lipinski definition) is 5. The van der Waals surface area contributed by atoms with Gasteiger partial charge in [-0.1, -0.05) is 18.2 Å². The van der Waals surface area contributed by atoms with Crippen molar-refractivity contribution >= 4 is 15.9 Å². The molecule has 1 aromatic carbocycles. The molecule has 1 saturated heterocycles. The fraction of sp³-hybridized carbons (Fsp3) is 0.611. The van der Waals surface area contributed by atoms with Crippen LogP contribution < -0.4 is 15.4 Å². The Morgan fingerprint density at radius 3 is 2.58 bits per heavy atom. The topological polar surface area (TPSA) is 90.5 Å². The first-order chi connectivity index (χ1) is 12.5. The first kappa shape index (κ1) is 20.8. The van der Waals surface area contributed by atoms with Gasteiger partial charge in [-0.05, 0) is 38.4 Å². The third kappa shape index (κ3) is 7.41. The maximum atomic E-state index is 12.2. The highest BCUT2D eigenvalue weighted by Crippen LogP contribution is 2.07. The summed E-state index contributed by atoms with van der Waals surface area (Å²) >= 11 is 0. The van der Waals surface area contributed by atoms with E-state index in [0.717, 1.165) is 45.6 Å². The second-order valence-corrected chi connectivity index (χ2v) is 8.40. The number of benzene rings is 1. The summed E-state index contributed by atoms with van der Waals surface area (Å²) in [6.45, 7) is 7.28. The van der Waals surface area contributed by atoms with Crippen molar-refractivity contribution in [3.8, 4) is 0 Å². The van der Waals surface area contributed by atoms with E-state index in [0.29, 0.717) is 6.42 Å². The fourth-order valence-corrected chi connectivity index (χ4v) is 4.15. The number of nitrogens with one attached hydrogen (secondary N) is 3. The second kappa shape index (κ2) is 10.6. The molecule has 7 nitrogen and oxygen atoms in total. The molecule has 1 heterocycles. The SMILES string of the molecule is CC(CNC(=O)CCCCN1CCNCC1)NS(=O)(=O)c1ccccc1. The zero-order chi connectivity index (χ0) is 18.8. The molecular weight excluding hydrogens is 352 g/mol. The Bertz CT molecular complexity index is 646. The van der Waals surface area contributed by atoms with Crippen molar-refractivity contribution in [1.29, 1.82) is 0 Å². The molecule has 0 aliphatic carbocycles. The van der Waals surface area contributed by atoms with Crippen molar-refractivity contribution in [3.63, 3.8) is 0 Å². The Morgan fingerprint density at radius 1 is 1.19 bits per heavy atom. The molecule has 8 heteroatoms. The van der Waals surface area contributed by atoms with E-state index in [4.69, 9.17) is 0 Å². The van der Waals surface area contributed by atoms with E-state index in [1.165, 1.54) is 0 Å². The average Bonchev–Trinajstić information content (AvgIpc) is 2.65. The van der Waals surface area contributed by atoms with E-state index in [2.05, 4.69) is 20.3 Å². The van der Waals surface area contributed by atoms with Crippen LogP contribution in [0.4, 0.5) is 0 Å². The zero-order valence-electron chi connectivity index (χ0n) is 15.4. The van der Waals surface area contributed by atoms with Crippen LogP contribution in [0.25, 0.3) is 0 Å². The summed E-state index contributed by atoms with van der Waals surface area (Å²) in [7, 11) is -3.55. The van der Waals surface area contributed by atoms with Crippen molar-refractivity contribution < 1.29 is 13.2 Å². The molecule has 0 saturated carbocycles. The quantitative estimate of drug-likeness (QED) is 0.514. The van der Waals surface area contributed by atoms with Gasteiger partial charge in [0.1, 0.15) is 0 Å². The smallest absolute Gasteiger partial charge is 0.240 e. The molecule has 3 N–H and O–H groups in total. The highest BCUT2D eigenvalue weighted by Gasteiger charge is 2.17. The van der Waals surface area contributed by atoms with Gasteiger partial charge in [-0.15, -0.1) is 0 Å². The van der Waals surface area contributed by atoms with Crippen LogP contribution in [0, 0.1) is 0 Å². The monoisotopic (exact) mass is 382 g/mol. The van der Waals surface area contributed by atoms with Gasteiger partial charge in [-0.3, -0.25) is 4.79 Å². The summed E-state index contributed by atoms with van der Waals surface area (Å²) in [4.78, 5) is 14.6. The molecule has 1 aliphatic heterocycles. The Labute approximate surface area is 156 Å². The first-order valence-electron chi connectivity index (χ1n) is 9.24. The van der Waals surface area contributed by atoms with E-state index >= 15 is 0 Å². The van der Waals surface area contributed by atoms with Crippen molar-refractivity contribution in [3.05, 3.63) is 30.3 Å². The number of hydrogen-bond donors (Lipinski definition) is 3. The van der Waals surface area contributed by atoms with Crippen molar-refractivity contribution in [2.24, 2.45) is 0 Å². The molecule has 2 rings (SSSR count). The fourth-order valence-electron chi connectivity index (χ4n) is 2.89. The number of amides is 1. The van der Waals surface area contributed by atoms with Gasteiger partial charge in [-0.25, -0.2) is 13.1 Å². The van der Waals surface area contributed by atoms with Crippen LogP contribution in [0.5, 0.6) is 0 Å². The Morgan fingerprint density at radius 2 is 1.88 bits per heavy atom. The van der Waals surface area contributed by atoms with Crippen LogP contribution in [0.2, 0.25) is 0 Å². The van der Waals surface area contributed by atoms with Crippen molar-refractivity contribution in [2.45, 2.75) is 37.1 Å². The maximum Gasteiger partial charge on any atom is 0.240 e. The second-order valence-electron chi connectivity index (χ2n) is 6.69. The largest absolute Gasteiger partial charge is 0.355 e. The predicted molar refractivity (Wildman–Crippen MR) is 102 cm³/mol. The molecule has 1 fully saturated rings. The van der Waals surface area contributed by atoms with E-state index in [1.807, 2.05) is 0 Å². The summed E-state index contributed by atoms with van der Waals surface area (Å²) in [6.07, 6.45) is 2.33. The molecule has 146 valence electrons. The van der Waals surface area contributed by atoms with Gasteiger partial charge in [0.2, 0.25) is 15.9 Å². The molecule has 0 spiro atoms. The van der Waals surface area contributed by atoms with Gasteiger partial charge < -0.3 is 15.5 Å². The van der Waals surface area contributed by atoms with E-state index in [1.54, 1.807) is 37.3 Å². The van der Waals surface area contributed by atoms with Crippen LogP contribution in [0.15, 0.2) is 35.2 Å². The lowest BCUT2D eigenvalue weighted by Crippen LogP contribution is -2.43. The molecule has 1 aromatic rings. The summed E-state index contributed by atoms with van der Waals surface area (Å²) in [6, 6.07) is 7.86. The van der Waals surface area contributed by atoms with E-state index in [9.17, 15) is 13.2 Å². The Kier molecular flexibility index (Phi) is 8.50. The minimum atomic E-state index is -3.55. The van der Waals surface area contributed by atoms with E-state index in [-0.39, 0.29) is 23.4 Å². The van der Waals surface area contributed by atoms with Crippen molar-refractivity contribution in [1.82, 2.24) is 20.3 Å². The minimum Gasteiger partial charge on any atom is -0.355 e. The van der Waals surface area contributed by atoms with Gasteiger partial charge in [0, 0.05) is 45.2 Å². The molecule has 1 unspecified atom stereocenters. The lowest BCUT2D eigenvalue weighted by molar-refractivity contribution is -0.121. The number of piperazine rings is 1. The summed E-state index contributed by atoms with van der Waals surface area (Å²) in [5.74, 6) is -0.0314. The zero-order valence-corrected chi connectivity index (χ0v) is 16.2.